The van der Waals surface area contributed by atoms with Gasteiger partial charge in [0.05, 0.1) is 45.3 Å². The molecule has 0 atom stereocenters. The number of carbonyl (C=O) groups is 3. The second-order valence-electron chi connectivity index (χ2n) is 5.76. The summed E-state index contributed by atoms with van der Waals surface area (Å²) in [5.41, 5.74) is 0.379. The maximum Gasteiger partial charge on any atom is 0.375 e. The maximum absolute atomic E-state index is 11.5. The van der Waals surface area contributed by atoms with Crippen molar-refractivity contribution in [2.24, 2.45) is 10.2 Å². The number of azo groups is 1. The molecular formula is C18H24N4O7. The average molecular weight is 408 g/mol. The molecule has 0 fully saturated rings. The second kappa shape index (κ2) is 12.5. The van der Waals surface area contributed by atoms with Gasteiger partial charge in [-0.2, -0.15) is 0 Å². The zero-order valence-corrected chi connectivity index (χ0v) is 16.2. The van der Waals surface area contributed by atoms with Crippen molar-refractivity contribution in [1.29, 1.82) is 0 Å². The Hall–Kier alpha value is -2.89. The molecule has 11 heteroatoms. The number of nitrogens with zero attached hydrogens (tertiary/aromatic N) is 3. The topological polar surface area (TPSA) is 128 Å². The van der Waals surface area contributed by atoms with Gasteiger partial charge in [-0.15, -0.1) is 0 Å². The van der Waals surface area contributed by atoms with E-state index in [2.05, 4.69) is 15.5 Å². The summed E-state index contributed by atoms with van der Waals surface area (Å²) in [4.78, 5) is 34.4. The number of urea groups is 2. The molecule has 0 radical (unpaired) electrons. The molecule has 0 saturated heterocycles. The van der Waals surface area contributed by atoms with Gasteiger partial charge in [0.2, 0.25) is 5.91 Å². The summed E-state index contributed by atoms with van der Waals surface area (Å²) in [5.74, 6) is 0.503. The van der Waals surface area contributed by atoms with Crippen LogP contribution >= 0.6 is 0 Å². The number of hydrogen-bond acceptors (Lipinski definition) is 7. The molecule has 1 aromatic carbocycles. The molecule has 2 rings (SSSR count). The minimum Gasteiger partial charge on any atom is -0.491 e. The molecule has 5 amide bonds. The van der Waals surface area contributed by atoms with E-state index < -0.39 is 12.1 Å². The number of hydrogen-bond donors (Lipinski definition) is 1. The Morgan fingerprint density at radius 3 is 1.93 bits per heavy atom. The Labute approximate surface area is 168 Å². The van der Waals surface area contributed by atoms with Crippen molar-refractivity contribution >= 4 is 23.7 Å². The molecule has 1 N–H and O–H groups in total. The minimum atomic E-state index is -0.712. The van der Waals surface area contributed by atoms with Crippen LogP contribution in [0, 0.1) is 0 Å². The first-order chi connectivity index (χ1) is 14.1. The second-order valence-corrected chi connectivity index (χ2v) is 5.76. The highest BCUT2D eigenvalue weighted by atomic mass is 16.6. The van der Waals surface area contributed by atoms with Crippen molar-refractivity contribution in [2.75, 3.05) is 57.7 Å². The fourth-order valence-electron chi connectivity index (χ4n) is 2.23. The van der Waals surface area contributed by atoms with Crippen molar-refractivity contribution in [3.05, 3.63) is 24.3 Å². The van der Waals surface area contributed by atoms with Gasteiger partial charge in [0.1, 0.15) is 12.4 Å². The first-order valence-corrected chi connectivity index (χ1v) is 9.08. The van der Waals surface area contributed by atoms with Gasteiger partial charge in [-0.25, -0.2) is 14.5 Å². The Balaban J connectivity index is 1.45. The zero-order valence-electron chi connectivity index (χ0n) is 16.2. The third-order valence-electron chi connectivity index (χ3n) is 3.56. The van der Waals surface area contributed by atoms with E-state index in [0.29, 0.717) is 64.2 Å². The van der Waals surface area contributed by atoms with E-state index >= 15 is 0 Å². The smallest absolute Gasteiger partial charge is 0.375 e. The van der Waals surface area contributed by atoms with Crippen LogP contribution in [0.1, 0.15) is 6.92 Å². The third-order valence-corrected chi connectivity index (χ3v) is 3.56. The van der Waals surface area contributed by atoms with Crippen molar-refractivity contribution in [1.82, 2.24) is 5.32 Å². The summed E-state index contributed by atoms with van der Waals surface area (Å²) in [6, 6.07) is 5.02. The van der Waals surface area contributed by atoms with Gasteiger partial charge in [-0.3, -0.25) is 4.79 Å². The van der Waals surface area contributed by atoms with Crippen molar-refractivity contribution in [3.63, 3.8) is 0 Å². The fraction of sp³-hybridized carbons (Fsp3) is 0.500. The Morgan fingerprint density at radius 1 is 0.862 bits per heavy atom. The van der Waals surface area contributed by atoms with Crippen LogP contribution in [-0.4, -0.2) is 70.8 Å². The molecule has 29 heavy (non-hydrogen) atoms. The van der Waals surface area contributed by atoms with Gasteiger partial charge in [0.15, 0.2) is 0 Å². The quantitative estimate of drug-likeness (QED) is 0.465. The minimum absolute atomic E-state index is 0.0781. The summed E-state index contributed by atoms with van der Waals surface area (Å²) in [6.07, 6.45) is 0. The number of carbonyl (C=O) groups excluding carboxylic acids is 3. The standard InChI is InChI=1S/C18H24N4O7/c1-14(23)19-6-7-26-8-9-27-10-11-28-12-13-29-16-4-2-15(3-5-16)22-17(24)20-21-18(22)25/h2-5H,6-13H2,1H3,(H,19,23). The molecule has 0 aliphatic carbocycles. The SMILES string of the molecule is CC(=O)NCCOCCOCCOCCOc1ccc(N2C(=O)N=NC2=O)cc1. The van der Waals surface area contributed by atoms with E-state index in [0.717, 1.165) is 4.90 Å². The molecule has 1 aromatic rings. The summed E-state index contributed by atoms with van der Waals surface area (Å²) < 4.78 is 21.6. The van der Waals surface area contributed by atoms with Gasteiger partial charge < -0.3 is 24.3 Å². The van der Waals surface area contributed by atoms with Crippen LogP contribution in [0.3, 0.4) is 0 Å². The highest BCUT2D eigenvalue weighted by Gasteiger charge is 2.28. The van der Waals surface area contributed by atoms with Gasteiger partial charge in [0, 0.05) is 13.5 Å². The number of amides is 5. The van der Waals surface area contributed by atoms with Crippen LogP contribution in [0.25, 0.3) is 0 Å². The lowest BCUT2D eigenvalue weighted by molar-refractivity contribution is -0.119. The molecule has 0 aromatic heterocycles. The molecule has 11 nitrogen and oxygen atoms in total. The lowest BCUT2D eigenvalue weighted by Crippen LogP contribution is -2.27. The fourth-order valence-corrected chi connectivity index (χ4v) is 2.23. The number of imide groups is 1. The molecule has 0 bridgehead atoms. The molecule has 0 spiro atoms. The van der Waals surface area contributed by atoms with E-state index in [4.69, 9.17) is 18.9 Å². The van der Waals surface area contributed by atoms with Gasteiger partial charge in [-0.05, 0) is 24.3 Å². The summed E-state index contributed by atoms with van der Waals surface area (Å²) >= 11 is 0. The van der Waals surface area contributed by atoms with Gasteiger partial charge >= 0.3 is 12.1 Å². The monoisotopic (exact) mass is 408 g/mol. The van der Waals surface area contributed by atoms with Crippen LogP contribution < -0.4 is 15.0 Å². The van der Waals surface area contributed by atoms with Crippen LogP contribution in [-0.2, 0) is 19.0 Å². The highest BCUT2D eigenvalue weighted by Crippen LogP contribution is 2.23. The molecular weight excluding hydrogens is 384 g/mol. The number of benzene rings is 1. The first-order valence-electron chi connectivity index (χ1n) is 9.08. The largest absolute Gasteiger partial charge is 0.491 e. The predicted molar refractivity (Wildman–Crippen MR) is 101 cm³/mol. The lowest BCUT2D eigenvalue weighted by atomic mass is 10.3. The third kappa shape index (κ3) is 8.34. The Morgan fingerprint density at radius 2 is 1.38 bits per heavy atom. The molecule has 0 saturated carbocycles. The van der Waals surface area contributed by atoms with E-state index in [-0.39, 0.29) is 5.91 Å². The van der Waals surface area contributed by atoms with Crippen molar-refractivity contribution in [3.8, 4) is 5.75 Å². The van der Waals surface area contributed by atoms with E-state index in [9.17, 15) is 14.4 Å². The summed E-state index contributed by atoms with van der Waals surface area (Å²) in [7, 11) is 0. The van der Waals surface area contributed by atoms with Gasteiger partial charge in [-0.1, -0.05) is 10.2 Å². The molecule has 158 valence electrons. The zero-order chi connectivity index (χ0) is 20.9. The van der Waals surface area contributed by atoms with Crippen LogP contribution in [0.15, 0.2) is 34.5 Å². The maximum atomic E-state index is 11.5. The molecule has 1 aliphatic rings. The number of anilines is 1. The van der Waals surface area contributed by atoms with Crippen LogP contribution in [0.2, 0.25) is 0 Å². The van der Waals surface area contributed by atoms with Crippen LogP contribution in [0.5, 0.6) is 5.75 Å². The Kier molecular flexibility index (Phi) is 9.69. The van der Waals surface area contributed by atoms with Crippen LogP contribution in [0.4, 0.5) is 15.3 Å². The molecule has 1 aliphatic heterocycles. The first kappa shape index (κ1) is 22.4. The van der Waals surface area contributed by atoms with Crippen molar-refractivity contribution < 1.29 is 33.3 Å². The normalized spacial score (nSPS) is 13.2. The Bertz CT molecular complexity index is 691. The number of rotatable bonds is 14. The van der Waals surface area contributed by atoms with E-state index in [1.165, 1.54) is 6.92 Å². The van der Waals surface area contributed by atoms with Gasteiger partial charge in [0.25, 0.3) is 0 Å². The molecule has 0 unspecified atom stereocenters. The average Bonchev–Trinajstić information content (AvgIpc) is 3.04. The number of ether oxygens (including phenoxy) is 4. The number of nitrogens with one attached hydrogen (secondary N) is 1. The van der Waals surface area contributed by atoms with Crippen molar-refractivity contribution in [2.45, 2.75) is 6.92 Å². The van der Waals surface area contributed by atoms with E-state index in [1.807, 2.05) is 0 Å². The summed E-state index contributed by atoms with van der Waals surface area (Å²) in [6.45, 7) is 4.91. The lowest BCUT2D eigenvalue weighted by Gasteiger charge is -2.12. The molecule has 1 heterocycles. The summed E-state index contributed by atoms with van der Waals surface area (Å²) in [5, 5.41) is 9.03. The van der Waals surface area contributed by atoms with E-state index in [1.54, 1.807) is 24.3 Å². The highest BCUT2D eigenvalue weighted by molar-refractivity contribution is 6.17. The predicted octanol–water partition coefficient (Wildman–Crippen LogP) is 1.76.